The summed E-state index contributed by atoms with van der Waals surface area (Å²) in [6, 6.07) is 3.41. The van der Waals surface area contributed by atoms with Crippen molar-refractivity contribution in [2.45, 2.75) is 38.3 Å². The Balaban J connectivity index is 1.65. The van der Waals surface area contributed by atoms with E-state index in [0.29, 0.717) is 22.4 Å². The van der Waals surface area contributed by atoms with Crippen molar-refractivity contribution in [1.82, 2.24) is 4.57 Å². The third-order valence-corrected chi connectivity index (χ3v) is 8.11. The van der Waals surface area contributed by atoms with E-state index in [1.54, 1.807) is 48.1 Å². The molecular weight excluding hydrogens is 506 g/mol. The minimum Gasteiger partial charge on any atom is -0.511 e. The minimum absolute atomic E-state index is 0.0493. The second-order valence-electron chi connectivity index (χ2n) is 10.7. The lowest BCUT2D eigenvalue weighted by Crippen LogP contribution is -2.57. The van der Waals surface area contributed by atoms with Crippen LogP contribution in [-0.2, 0) is 22.6 Å². The van der Waals surface area contributed by atoms with Gasteiger partial charge in [0.15, 0.2) is 17.2 Å². The summed E-state index contributed by atoms with van der Waals surface area (Å²) in [6.07, 6.45) is 3.32. The number of hydrogen-bond donors (Lipinski definition) is 5. The molecule has 204 valence electrons. The van der Waals surface area contributed by atoms with E-state index in [9.17, 15) is 39.6 Å². The Bertz CT molecular complexity index is 1550. The maximum atomic E-state index is 13.9. The molecule has 0 unspecified atom stereocenters. The number of hydrogen-bond acceptors (Lipinski definition) is 9. The topological polar surface area (TPSA) is 183 Å². The molecule has 2 aromatic rings. The van der Waals surface area contributed by atoms with Crippen LogP contribution in [0.15, 0.2) is 47.2 Å². The number of aliphatic hydroxyl groups is 3. The fourth-order valence-corrected chi connectivity index (χ4v) is 6.19. The van der Waals surface area contributed by atoms with Crippen LogP contribution in [0.2, 0.25) is 0 Å². The number of phenols is 1. The smallest absolute Gasteiger partial charge is 0.255 e. The molecule has 0 aliphatic heterocycles. The highest BCUT2D eigenvalue weighted by Gasteiger charge is 2.59. The van der Waals surface area contributed by atoms with Crippen molar-refractivity contribution in [3.05, 3.63) is 69.4 Å². The van der Waals surface area contributed by atoms with Crippen LogP contribution in [0.1, 0.15) is 51.6 Å². The lowest BCUT2D eigenvalue weighted by atomic mass is 9.60. The number of allylic oxidation sites excluding steroid dienone is 2. The first-order chi connectivity index (χ1) is 18.3. The molecule has 11 heteroatoms. The molecule has 1 aromatic carbocycles. The summed E-state index contributed by atoms with van der Waals surface area (Å²) in [4.78, 5) is 52.4. The summed E-state index contributed by atoms with van der Waals surface area (Å²) in [5, 5.41) is 44.3. The zero-order valence-electron chi connectivity index (χ0n) is 21.7. The lowest BCUT2D eigenvalue weighted by Gasteiger charge is -2.46. The maximum Gasteiger partial charge on any atom is 0.255 e. The predicted octanol–water partition coefficient (Wildman–Crippen LogP) is 1.70. The van der Waals surface area contributed by atoms with Crippen LogP contribution in [0.25, 0.3) is 0 Å². The van der Waals surface area contributed by atoms with E-state index in [0.717, 1.165) is 0 Å². The Morgan fingerprint density at radius 3 is 2.46 bits per heavy atom. The Morgan fingerprint density at radius 1 is 1.18 bits per heavy atom. The van der Waals surface area contributed by atoms with Crippen LogP contribution < -0.4 is 10.6 Å². The molecule has 0 radical (unpaired) electrons. The van der Waals surface area contributed by atoms with Gasteiger partial charge in [-0.15, -0.1) is 0 Å². The lowest BCUT2D eigenvalue weighted by molar-refractivity contribution is -0.144. The van der Waals surface area contributed by atoms with Gasteiger partial charge in [0.1, 0.15) is 22.8 Å². The molecule has 3 aliphatic carbocycles. The van der Waals surface area contributed by atoms with Crippen LogP contribution in [-0.4, -0.2) is 67.9 Å². The van der Waals surface area contributed by atoms with Gasteiger partial charge < -0.3 is 35.6 Å². The quantitative estimate of drug-likeness (QED) is 0.281. The second kappa shape index (κ2) is 8.84. The number of fused-ring (bicyclic) bond motifs is 3. The summed E-state index contributed by atoms with van der Waals surface area (Å²) < 4.78 is 1.70. The fourth-order valence-electron chi connectivity index (χ4n) is 6.19. The average Bonchev–Trinajstić information content (AvgIpc) is 3.31. The van der Waals surface area contributed by atoms with Crippen LogP contribution in [0.5, 0.6) is 5.75 Å². The van der Waals surface area contributed by atoms with E-state index in [4.69, 9.17) is 5.73 Å². The molecule has 1 aromatic heterocycles. The highest BCUT2D eigenvalue weighted by molar-refractivity contribution is 6.24. The zero-order chi connectivity index (χ0) is 28.5. The van der Waals surface area contributed by atoms with Gasteiger partial charge in [0.05, 0.1) is 12.1 Å². The van der Waals surface area contributed by atoms with E-state index in [1.807, 2.05) is 0 Å². The number of nitrogens with two attached hydrogens (primary N) is 1. The Labute approximate surface area is 223 Å². The van der Waals surface area contributed by atoms with Gasteiger partial charge in [-0.2, -0.15) is 0 Å². The maximum absolute atomic E-state index is 13.9. The van der Waals surface area contributed by atoms with Crippen LogP contribution >= 0.6 is 0 Å². The van der Waals surface area contributed by atoms with Crippen molar-refractivity contribution >= 4 is 28.9 Å². The summed E-state index contributed by atoms with van der Waals surface area (Å²) in [7, 11) is 3.59. The number of carbonyl (C=O) groups excluding carboxylic acids is 4. The average molecular weight is 536 g/mol. The van der Waals surface area contributed by atoms with Gasteiger partial charge in [0.2, 0.25) is 5.78 Å². The van der Waals surface area contributed by atoms with E-state index >= 15 is 0 Å². The zero-order valence-corrected chi connectivity index (χ0v) is 21.7. The van der Waals surface area contributed by atoms with Gasteiger partial charge in [0.25, 0.3) is 5.91 Å². The van der Waals surface area contributed by atoms with Gasteiger partial charge in [-0.25, -0.2) is 0 Å². The molecule has 6 N–H and O–H groups in total. The normalized spacial score (nSPS) is 24.3. The van der Waals surface area contributed by atoms with Crippen molar-refractivity contribution < 1.29 is 39.6 Å². The highest BCUT2D eigenvalue weighted by Crippen LogP contribution is 2.52. The highest BCUT2D eigenvalue weighted by atomic mass is 16.3. The van der Waals surface area contributed by atoms with Gasteiger partial charge in [-0.1, -0.05) is 0 Å². The predicted molar refractivity (Wildman–Crippen MR) is 139 cm³/mol. The number of primary amides is 1. The van der Waals surface area contributed by atoms with Crippen molar-refractivity contribution in [1.29, 1.82) is 0 Å². The number of nitrogens with zero attached hydrogens (tertiary/aromatic N) is 2. The van der Waals surface area contributed by atoms with Gasteiger partial charge in [-0.05, 0) is 43.4 Å². The third-order valence-electron chi connectivity index (χ3n) is 8.11. The molecule has 0 saturated carbocycles. The molecule has 0 fully saturated rings. The van der Waals surface area contributed by atoms with Crippen molar-refractivity contribution in [2.24, 2.45) is 17.6 Å². The number of aromatic nitrogens is 1. The van der Waals surface area contributed by atoms with Crippen LogP contribution in [0.3, 0.4) is 0 Å². The summed E-state index contributed by atoms with van der Waals surface area (Å²) in [5.74, 6) is -6.72. The van der Waals surface area contributed by atoms with Crippen LogP contribution in [0.4, 0.5) is 5.69 Å². The molecule has 0 spiro atoms. The number of aromatic hydroxyl groups is 1. The number of benzene rings is 1. The van der Waals surface area contributed by atoms with E-state index < -0.39 is 52.0 Å². The molecule has 5 rings (SSSR count). The number of phenolic OH excluding ortho intramolecular Hbond substituents is 1. The van der Waals surface area contributed by atoms with E-state index in [-0.39, 0.29) is 48.5 Å². The van der Waals surface area contributed by atoms with Crippen molar-refractivity contribution in [2.75, 3.05) is 19.0 Å². The van der Waals surface area contributed by atoms with Gasteiger partial charge in [-0.3, -0.25) is 19.2 Å². The number of rotatable bonds is 5. The Kier molecular flexibility index (Phi) is 5.95. The Hall–Kier alpha value is -4.38. The molecular formula is C28H29N3O8. The molecule has 3 aliphatic rings. The molecule has 3 atom stereocenters. The molecule has 0 bridgehead atoms. The van der Waals surface area contributed by atoms with Crippen molar-refractivity contribution in [3.63, 3.8) is 0 Å². The van der Waals surface area contributed by atoms with Crippen molar-refractivity contribution in [3.8, 4) is 5.75 Å². The minimum atomic E-state index is -2.61. The van der Waals surface area contributed by atoms with Gasteiger partial charge >= 0.3 is 0 Å². The SMILES string of the molecule is CC(=O)c1ccn(Cc2cc(N(C)C)c3c(c2O)C(=O)C2=C(O)[C@]4(O)C(=O)C(C(N)=O)=C(O)C[C@@H]4C[C@@H]2C3)c1. The number of amides is 1. The molecule has 39 heavy (non-hydrogen) atoms. The standard InChI is InChI=1S/C28H29N3O8/c1-12(32)13-4-5-31(10-13)11-15-8-18(30(2)3)17-7-14-6-16-9-19(33)22(27(29)38)26(37)28(16,39)25(36)20(14)24(35)21(17)23(15)34/h4-5,8,10,14,16,33-34,36,39H,6-7,9,11H2,1-3H3,(H2,29,38)/t14-,16+,28+/m1/s1. The molecule has 0 saturated heterocycles. The first-order valence-corrected chi connectivity index (χ1v) is 12.5. The van der Waals surface area contributed by atoms with Crippen LogP contribution in [0, 0.1) is 11.8 Å². The summed E-state index contributed by atoms with van der Waals surface area (Å²) in [6.45, 7) is 1.59. The van der Waals surface area contributed by atoms with E-state index in [2.05, 4.69) is 0 Å². The second-order valence-corrected chi connectivity index (χ2v) is 10.7. The largest absolute Gasteiger partial charge is 0.511 e. The fraction of sp³-hybridized carbons (Fsp3) is 0.357. The number of carbonyl (C=O) groups is 4. The van der Waals surface area contributed by atoms with Gasteiger partial charge in [0, 0.05) is 61.2 Å². The molecule has 11 nitrogen and oxygen atoms in total. The summed E-state index contributed by atoms with van der Waals surface area (Å²) in [5.41, 5.74) is 3.67. The van der Waals surface area contributed by atoms with E-state index in [1.165, 1.54) is 6.92 Å². The Morgan fingerprint density at radius 2 is 1.87 bits per heavy atom. The monoisotopic (exact) mass is 535 g/mol. The number of aliphatic hydroxyl groups excluding tert-OH is 2. The first kappa shape index (κ1) is 26.2. The summed E-state index contributed by atoms with van der Waals surface area (Å²) >= 11 is 0. The number of anilines is 1. The molecule has 1 heterocycles. The third kappa shape index (κ3) is 3.75. The number of ketones is 3. The number of Topliss-reactive ketones (excluding diaryl/α,β-unsaturated/α-hetero) is 3. The molecule has 1 amide bonds. The first-order valence-electron chi connectivity index (χ1n) is 12.5.